The summed E-state index contributed by atoms with van der Waals surface area (Å²) in [5.41, 5.74) is 12.3. The Kier molecular flexibility index (Phi) is 23.7. The lowest BCUT2D eigenvalue weighted by Crippen LogP contribution is -2.59. The molecule has 1 heterocycles. The van der Waals surface area contributed by atoms with Crippen molar-refractivity contribution < 1.29 is 74.4 Å². The number of carboxylic acids is 1. The summed E-state index contributed by atoms with van der Waals surface area (Å²) in [6, 6.07) is -4.94. The highest BCUT2D eigenvalue weighted by atomic mass is 16.6. The minimum atomic E-state index is -1.44. The van der Waals surface area contributed by atoms with Crippen LogP contribution in [0.3, 0.4) is 0 Å². The summed E-state index contributed by atoms with van der Waals surface area (Å²) in [5, 5.41) is 59.9. The Hall–Kier alpha value is -7.89. The van der Waals surface area contributed by atoms with Crippen LogP contribution in [0.1, 0.15) is 78.6 Å². The zero-order chi connectivity index (χ0) is 52.8. The molecule has 2 rings (SSSR count). The number of carbonyl (C=O) groups is 10. The number of nitro groups is 2. The standard InChI is InChI=1S/C40H61N15O15/c1-4-20(2)33(38(64)48-21(3)34(60)46-18-31(58)49-24(11-14-30(42)57)36(62)51-25(39(65)66)7-5-15-45-40(43)44)52-32(59)19-47-35(61)23(10-13-29(41)56)50-37(63)27-8-6-16-53(27)26-12-9-22(54(67)68)17-28(26)55(69)70/h9,12,17,20-21,23-25,27,33H,4-8,10-11,13-16,18-19H2,1-3H3,(H16,41,42,43,44,45,46,47,48,49,50,51,52,56,57,58,59,60,61,62,63,64,65,66). The van der Waals surface area contributed by atoms with Crippen molar-refractivity contribution in [2.24, 2.45) is 5.92 Å². The van der Waals surface area contributed by atoms with Gasteiger partial charge in [-0.25, -0.2) is 14.4 Å². The monoisotopic (exact) mass is 991 g/mol. The van der Waals surface area contributed by atoms with E-state index in [1.54, 1.807) is 13.8 Å². The molecule has 0 aromatic heterocycles. The minimum Gasteiger partial charge on any atom is -0.567 e. The van der Waals surface area contributed by atoms with Crippen LogP contribution in [0.5, 0.6) is 0 Å². The molecule has 0 saturated carbocycles. The van der Waals surface area contributed by atoms with Crippen LogP contribution in [-0.2, 0) is 47.9 Å². The highest BCUT2D eigenvalue weighted by Gasteiger charge is 2.37. The number of nitrogens with one attached hydrogen (secondary N) is 9. The van der Waals surface area contributed by atoms with Gasteiger partial charge in [0.2, 0.25) is 41.4 Å². The van der Waals surface area contributed by atoms with Crippen LogP contribution in [0.4, 0.5) is 17.1 Å². The fourth-order valence-corrected chi connectivity index (χ4v) is 6.93. The Morgan fingerprint density at radius 1 is 0.814 bits per heavy atom. The predicted octanol–water partition coefficient (Wildman–Crippen LogP) is -3.48. The number of rotatable bonds is 30. The maximum absolute atomic E-state index is 13.6. The van der Waals surface area contributed by atoms with Crippen LogP contribution < -0.4 is 53.6 Å². The van der Waals surface area contributed by atoms with Crippen molar-refractivity contribution in [1.82, 2.24) is 37.2 Å². The molecule has 70 heavy (non-hydrogen) atoms. The van der Waals surface area contributed by atoms with E-state index < -0.39 is 142 Å². The first-order valence-corrected chi connectivity index (χ1v) is 22.0. The van der Waals surface area contributed by atoms with Crippen molar-refractivity contribution in [3.63, 3.8) is 0 Å². The van der Waals surface area contributed by atoms with Gasteiger partial charge in [-0.3, -0.25) is 65.3 Å². The van der Waals surface area contributed by atoms with Gasteiger partial charge in [-0.15, -0.1) is 0 Å². The van der Waals surface area contributed by atoms with Crippen molar-refractivity contribution in [2.75, 3.05) is 31.1 Å². The molecule has 30 nitrogen and oxygen atoms in total. The predicted molar refractivity (Wildman–Crippen MR) is 242 cm³/mol. The van der Waals surface area contributed by atoms with Gasteiger partial charge in [-0.2, -0.15) is 5.96 Å². The number of guanidine groups is 1. The lowest BCUT2D eigenvalue weighted by atomic mass is 9.98. The molecule has 0 bridgehead atoms. The van der Waals surface area contributed by atoms with Gasteiger partial charge in [0, 0.05) is 12.6 Å². The Balaban J connectivity index is 2.06. The van der Waals surface area contributed by atoms with E-state index in [2.05, 4.69) is 54.0 Å². The number of nitro benzene ring substituents is 2. The van der Waals surface area contributed by atoms with Crippen molar-refractivity contribution in [3.8, 4) is 0 Å². The molecule has 386 valence electrons. The van der Waals surface area contributed by atoms with Gasteiger partial charge in [-0.05, 0) is 51.0 Å². The molecule has 1 aliphatic heterocycles. The number of anilines is 1. The molecule has 1 saturated heterocycles. The first-order valence-electron chi connectivity index (χ1n) is 22.0. The van der Waals surface area contributed by atoms with Crippen molar-refractivity contribution >= 4 is 82.2 Å². The Morgan fingerprint density at radius 3 is 1.94 bits per heavy atom. The molecule has 0 spiro atoms. The number of carboxylic acid groups (broad SMARTS) is 1. The average Bonchev–Trinajstić information content (AvgIpc) is 3.79. The molecule has 30 heteroatoms. The third-order valence-electron chi connectivity index (χ3n) is 10.9. The van der Waals surface area contributed by atoms with Gasteiger partial charge in [0.1, 0.15) is 41.9 Å². The van der Waals surface area contributed by atoms with E-state index in [4.69, 9.17) is 11.1 Å². The second-order valence-electron chi connectivity index (χ2n) is 16.2. The number of benzene rings is 1. The molecule has 0 aliphatic carbocycles. The third kappa shape index (κ3) is 19.4. The van der Waals surface area contributed by atoms with Crippen LogP contribution in [0.25, 0.3) is 11.1 Å². The van der Waals surface area contributed by atoms with Crippen molar-refractivity contribution in [3.05, 3.63) is 49.5 Å². The number of carbonyl (C=O) groups excluding carboxylic acids is 9. The van der Waals surface area contributed by atoms with E-state index in [1.807, 2.05) is 0 Å². The van der Waals surface area contributed by atoms with Gasteiger partial charge in [0.05, 0.1) is 41.8 Å². The second kappa shape index (κ2) is 28.4. The molecule has 0 radical (unpaired) electrons. The van der Waals surface area contributed by atoms with E-state index in [-0.39, 0.29) is 63.7 Å². The van der Waals surface area contributed by atoms with Crippen molar-refractivity contribution in [2.45, 2.75) is 115 Å². The van der Waals surface area contributed by atoms with E-state index in [0.717, 1.165) is 18.2 Å². The fraction of sp³-hybridized carbons (Fsp3) is 0.575. The van der Waals surface area contributed by atoms with Gasteiger partial charge in [-0.1, -0.05) is 33.2 Å². The number of amides is 9. The zero-order valence-corrected chi connectivity index (χ0v) is 38.8. The fourth-order valence-electron chi connectivity index (χ4n) is 6.93. The highest BCUT2D eigenvalue weighted by Crippen LogP contribution is 2.36. The van der Waals surface area contributed by atoms with Crippen LogP contribution in [0, 0.1) is 31.6 Å². The van der Waals surface area contributed by atoms with E-state index >= 15 is 0 Å². The molecule has 9 amide bonds. The SMILES string of the molecule is CCC(C)C(NC(=O)CNC(=O)C(CCC([NH3+])=O)NC(=O)C1CCCN1c1ccc([N+](=O)[O-])cc1[N+](=O)[O-])C(=O)NC(C)C(=O)NCC(=O)NC(CCC([NH3+])=O)C(=O)NC(CCC[N-]C(=N)[NH-])C(=O)O. The average molecular weight is 992 g/mol. The van der Waals surface area contributed by atoms with Gasteiger partial charge in [0.25, 0.3) is 11.4 Å². The number of non-ortho nitro benzene ring substituents is 1. The summed E-state index contributed by atoms with van der Waals surface area (Å²) < 4.78 is 0. The molecule has 7 atom stereocenters. The van der Waals surface area contributed by atoms with E-state index in [0.29, 0.717) is 12.8 Å². The minimum absolute atomic E-state index is 0.0450. The molecule has 1 fully saturated rings. The summed E-state index contributed by atoms with van der Waals surface area (Å²) in [4.78, 5) is 150. The van der Waals surface area contributed by atoms with E-state index in [9.17, 15) is 73.3 Å². The van der Waals surface area contributed by atoms with Crippen LogP contribution >= 0.6 is 0 Å². The molecule has 16 N–H and O–H groups in total. The summed E-state index contributed by atoms with van der Waals surface area (Å²) in [7, 11) is 0. The maximum Gasteiger partial charge on any atom is 0.326 e. The Bertz CT molecular complexity index is 2160. The molecular weight excluding hydrogens is 931 g/mol. The first-order chi connectivity index (χ1) is 32.9. The smallest absolute Gasteiger partial charge is 0.326 e. The van der Waals surface area contributed by atoms with Crippen LogP contribution in [0.15, 0.2) is 18.2 Å². The summed E-state index contributed by atoms with van der Waals surface area (Å²) in [5.74, 6) is -9.96. The molecular formula is C40H61N15O15. The highest BCUT2D eigenvalue weighted by molar-refractivity contribution is 5.97. The second-order valence-corrected chi connectivity index (χ2v) is 16.2. The summed E-state index contributed by atoms with van der Waals surface area (Å²) in [6.45, 7) is 3.25. The normalized spacial score (nSPS) is 15.5. The number of quaternary nitrogens is 2. The van der Waals surface area contributed by atoms with Gasteiger partial charge in [0.15, 0.2) is 0 Å². The molecule has 7 unspecified atom stereocenters. The third-order valence-corrected chi connectivity index (χ3v) is 10.9. The largest absolute Gasteiger partial charge is 0.567 e. The van der Waals surface area contributed by atoms with Crippen molar-refractivity contribution in [1.29, 1.82) is 5.41 Å². The molecule has 1 aromatic rings. The zero-order valence-electron chi connectivity index (χ0n) is 38.8. The quantitative estimate of drug-likeness (QED) is 0.0117. The maximum atomic E-state index is 13.6. The summed E-state index contributed by atoms with van der Waals surface area (Å²) >= 11 is 0. The lowest BCUT2D eigenvalue weighted by Gasteiger charge is -2.27. The molecule has 1 aromatic carbocycles. The number of nitrogens with zero attached hydrogens (tertiary/aromatic N) is 4. The Morgan fingerprint density at radius 2 is 1.40 bits per heavy atom. The van der Waals surface area contributed by atoms with E-state index in [1.165, 1.54) is 11.8 Å². The van der Waals surface area contributed by atoms with Gasteiger partial charge >= 0.3 is 17.8 Å². The van der Waals surface area contributed by atoms with Gasteiger partial charge < -0.3 is 63.7 Å². The summed E-state index contributed by atoms with van der Waals surface area (Å²) in [6.07, 6.45) is -0.205. The molecule has 1 aliphatic rings. The first kappa shape index (κ1) is 58.2. The topological polar surface area (TPSA) is 482 Å². The van der Waals surface area contributed by atoms with Crippen LogP contribution in [0.2, 0.25) is 0 Å². The lowest BCUT2D eigenvalue weighted by molar-refractivity contribution is -0.393. The number of aliphatic carboxylic acids is 1. The van der Waals surface area contributed by atoms with Crippen LogP contribution in [-0.4, -0.2) is 142 Å². The Labute approximate surface area is 399 Å². The number of hydrogen-bond donors (Lipinski definition) is 11. The number of hydrogen-bond acceptors (Lipinski definition) is 16.